The van der Waals surface area contributed by atoms with Crippen LogP contribution in [0.4, 0.5) is 5.82 Å². The molecule has 1 N–H and O–H groups in total. The van der Waals surface area contributed by atoms with Crippen LogP contribution in [0.5, 0.6) is 0 Å². The lowest BCUT2D eigenvalue weighted by molar-refractivity contribution is -0.392. The summed E-state index contributed by atoms with van der Waals surface area (Å²) < 4.78 is 0.887. The van der Waals surface area contributed by atoms with Gasteiger partial charge in [-0.3, -0.25) is 0 Å². The Labute approximate surface area is 85.5 Å². The van der Waals surface area contributed by atoms with Crippen molar-refractivity contribution in [3.05, 3.63) is 21.9 Å². The zero-order chi connectivity index (χ0) is 11.6. The highest BCUT2D eigenvalue weighted by Crippen LogP contribution is 2.19. The third kappa shape index (κ3) is 2.52. The van der Waals surface area contributed by atoms with E-state index in [4.69, 9.17) is 5.11 Å². The SMILES string of the molecule is CC(C)c1cc([N+](=O)[O-])n(CC(=O)O)n1. The Morgan fingerprint density at radius 1 is 1.73 bits per heavy atom. The molecule has 0 atom stereocenters. The fraction of sp³-hybridized carbons (Fsp3) is 0.500. The van der Waals surface area contributed by atoms with E-state index in [-0.39, 0.29) is 11.7 Å². The fourth-order valence-electron chi connectivity index (χ4n) is 1.10. The van der Waals surface area contributed by atoms with Crippen molar-refractivity contribution in [3.8, 4) is 0 Å². The highest BCUT2D eigenvalue weighted by atomic mass is 16.6. The molecule has 1 rings (SSSR count). The maximum atomic E-state index is 10.6. The summed E-state index contributed by atoms with van der Waals surface area (Å²) in [6.07, 6.45) is 0. The molecule has 1 aromatic heterocycles. The Morgan fingerprint density at radius 3 is 2.73 bits per heavy atom. The van der Waals surface area contributed by atoms with E-state index >= 15 is 0 Å². The maximum Gasteiger partial charge on any atom is 0.348 e. The monoisotopic (exact) mass is 213 g/mol. The molecule has 0 radical (unpaired) electrons. The number of hydrogen-bond donors (Lipinski definition) is 1. The zero-order valence-electron chi connectivity index (χ0n) is 8.38. The number of hydrogen-bond acceptors (Lipinski definition) is 4. The van der Waals surface area contributed by atoms with Crippen molar-refractivity contribution in [3.63, 3.8) is 0 Å². The second-order valence-electron chi connectivity index (χ2n) is 3.39. The minimum atomic E-state index is -1.16. The molecular weight excluding hydrogens is 202 g/mol. The molecule has 0 amide bonds. The second-order valence-corrected chi connectivity index (χ2v) is 3.39. The molecular formula is C8H11N3O4. The molecule has 0 aliphatic carbocycles. The third-order valence-electron chi connectivity index (χ3n) is 1.84. The molecule has 0 spiro atoms. The molecule has 0 aromatic carbocycles. The number of nitrogens with zero attached hydrogens (tertiary/aromatic N) is 3. The van der Waals surface area contributed by atoms with Crippen LogP contribution >= 0.6 is 0 Å². The number of aromatic nitrogens is 2. The van der Waals surface area contributed by atoms with Crippen LogP contribution in [0.15, 0.2) is 6.07 Å². The first-order chi connectivity index (χ1) is 6.91. The summed E-state index contributed by atoms with van der Waals surface area (Å²) in [5.74, 6) is -1.42. The maximum absolute atomic E-state index is 10.6. The molecule has 7 heteroatoms. The van der Waals surface area contributed by atoms with Gasteiger partial charge in [-0.2, -0.15) is 0 Å². The van der Waals surface area contributed by atoms with Crippen molar-refractivity contribution in [2.24, 2.45) is 0 Å². The smallest absolute Gasteiger partial charge is 0.348 e. The van der Waals surface area contributed by atoms with Gasteiger partial charge in [-0.1, -0.05) is 18.9 Å². The normalized spacial score (nSPS) is 10.6. The van der Waals surface area contributed by atoms with Crippen LogP contribution in [0, 0.1) is 10.1 Å². The van der Waals surface area contributed by atoms with E-state index in [0.717, 1.165) is 4.68 Å². The lowest BCUT2D eigenvalue weighted by atomic mass is 10.1. The largest absolute Gasteiger partial charge is 0.478 e. The van der Waals surface area contributed by atoms with Crippen LogP contribution in [0.2, 0.25) is 0 Å². The fourth-order valence-corrected chi connectivity index (χ4v) is 1.10. The first-order valence-corrected chi connectivity index (χ1v) is 4.35. The van der Waals surface area contributed by atoms with Crippen LogP contribution in [-0.2, 0) is 11.3 Å². The van der Waals surface area contributed by atoms with Crippen LogP contribution in [-0.4, -0.2) is 25.8 Å². The van der Waals surface area contributed by atoms with E-state index in [0.29, 0.717) is 5.69 Å². The average Bonchev–Trinajstić information content (AvgIpc) is 2.46. The minimum absolute atomic E-state index is 0.0266. The van der Waals surface area contributed by atoms with Gasteiger partial charge < -0.3 is 15.2 Å². The molecule has 7 nitrogen and oxygen atoms in total. The summed E-state index contributed by atoms with van der Waals surface area (Å²) in [5.41, 5.74) is 0.517. The summed E-state index contributed by atoms with van der Waals surface area (Å²) in [4.78, 5) is 20.4. The van der Waals surface area contributed by atoms with Gasteiger partial charge in [-0.15, -0.1) is 4.68 Å². The van der Waals surface area contributed by atoms with Crippen molar-refractivity contribution in [2.75, 3.05) is 0 Å². The zero-order valence-corrected chi connectivity index (χ0v) is 8.38. The number of rotatable bonds is 4. The van der Waals surface area contributed by atoms with Crippen LogP contribution in [0.25, 0.3) is 0 Å². The number of carbonyl (C=O) groups is 1. The molecule has 1 aromatic rings. The van der Waals surface area contributed by atoms with Crippen molar-refractivity contribution in [2.45, 2.75) is 26.3 Å². The van der Waals surface area contributed by atoms with E-state index in [1.165, 1.54) is 6.07 Å². The molecule has 0 unspecified atom stereocenters. The van der Waals surface area contributed by atoms with E-state index in [9.17, 15) is 14.9 Å². The van der Waals surface area contributed by atoms with E-state index in [1.807, 2.05) is 13.8 Å². The Hall–Kier alpha value is -1.92. The molecule has 0 saturated heterocycles. The minimum Gasteiger partial charge on any atom is -0.478 e. The topological polar surface area (TPSA) is 98.3 Å². The summed E-state index contributed by atoms with van der Waals surface area (Å²) in [5, 5.41) is 23.0. The van der Waals surface area contributed by atoms with E-state index in [1.54, 1.807) is 0 Å². The van der Waals surface area contributed by atoms with Gasteiger partial charge >= 0.3 is 11.8 Å². The van der Waals surface area contributed by atoms with Crippen molar-refractivity contribution < 1.29 is 14.8 Å². The molecule has 0 aliphatic heterocycles. The summed E-state index contributed by atoms with van der Waals surface area (Å²) in [6.45, 7) is 3.16. The van der Waals surface area contributed by atoms with Gasteiger partial charge in [0.15, 0.2) is 0 Å². The highest BCUT2D eigenvalue weighted by Gasteiger charge is 2.21. The Balaban J connectivity index is 3.11. The number of aliphatic carboxylic acids is 1. The highest BCUT2D eigenvalue weighted by molar-refractivity contribution is 5.66. The van der Waals surface area contributed by atoms with Gasteiger partial charge in [0.05, 0.1) is 11.8 Å². The molecule has 1 heterocycles. The van der Waals surface area contributed by atoms with Gasteiger partial charge in [0.2, 0.25) is 6.54 Å². The number of nitro groups is 1. The van der Waals surface area contributed by atoms with Crippen molar-refractivity contribution >= 4 is 11.8 Å². The molecule has 0 saturated carbocycles. The van der Waals surface area contributed by atoms with Gasteiger partial charge in [-0.05, 0) is 10.8 Å². The molecule has 0 aliphatic rings. The molecule has 15 heavy (non-hydrogen) atoms. The lowest BCUT2D eigenvalue weighted by Gasteiger charge is -1.95. The Kier molecular flexibility index (Phi) is 3.03. The number of carboxylic acids is 1. The van der Waals surface area contributed by atoms with Crippen molar-refractivity contribution in [1.29, 1.82) is 0 Å². The average molecular weight is 213 g/mol. The standard InChI is InChI=1S/C8H11N3O4/c1-5(2)6-3-7(11(14)15)10(9-6)4-8(12)13/h3,5H,4H2,1-2H3,(H,12,13). The van der Waals surface area contributed by atoms with Gasteiger partial charge in [0.1, 0.15) is 0 Å². The van der Waals surface area contributed by atoms with Crippen LogP contribution in [0.1, 0.15) is 25.5 Å². The Bertz CT molecular complexity index is 397. The molecule has 0 bridgehead atoms. The summed E-state index contributed by atoms with van der Waals surface area (Å²) >= 11 is 0. The second kappa shape index (κ2) is 4.07. The summed E-state index contributed by atoms with van der Waals surface area (Å²) in [6, 6.07) is 1.30. The quantitative estimate of drug-likeness (QED) is 0.594. The molecule has 0 fully saturated rings. The van der Waals surface area contributed by atoms with Crippen molar-refractivity contribution in [1.82, 2.24) is 9.78 Å². The third-order valence-corrected chi connectivity index (χ3v) is 1.84. The van der Waals surface area contributed by atoms with E-state index < -0.39 is 17.4 Å². The van der Waals surface area contributed by atoms with Gasteiger partial charge in [0, 0.05) is 0 Å². The predicted molar refractivity (Wildman–Crippen MR) is 50.6 cm³/mol. The van der Waals surface area contributed by atoms with Gasteiger partial charge in [-0.25, -0.2) is 4.79 Å². The first kappa shape index (κ1) is 11.2. The summed E-state index contributed by atoms with van der Waals surface area (Å²) in [7, 11) is 0. The predicted octanol–water partition coefficient (Wildman–Crippen LogP) is 0.999. The van der Waals surface area contributed by atoms with E-state index in [2.05, 4.69) is 5.10 Å². The Morgan fingerprint density at radius 2 is 2.33 bits per heavy atom. The number of carboxylic acid groups (broad SMARTS) is 1. The lowest BCUT2D eigenvalue weighted by Crippen LogP contribution is -2.12. The van der Waals surface area contributed by atoms with Gasteiger partial charge in [0.25, 0.3) is 0 Å². The first-order valence-electron chi connectivity index (χ1n) is 4.35. The molecule has 82 valence electrons. The van der Waals surface area contributed by atoms with Crippen LogP contribution < -0.4 is 0 Å². The van der Waals surface area contributed by atoms with Crippen LogP contribution in [0.3, 0.4) is 0 Å².